The number of hydrogen-bond acceptors (Lipinski definition) is 5. The summed E-state index contributed by atoms with van der Waals surface area (Å²) in [6.07, 6.45) is 5.83. The summed E-state index contributed by atoms with van der Waals surface area (Å²) in [5.74, 6) is 1.10. The van der Waals surface area contributed by atoms with Crippen LogP contribution in [0.25, 0.3) is 33.1 Å². The normalized spacial score (nSPS) is 16.7. The lowest BCUT2D eigenvalue weighted by Gasteiger charge is -2.17. The molecule has 1 saturated carbocycles. The molecule has 0 bridgehead atoms. The van der Waals surface area contributed by atoms with Crippen molar-refractivity contribution >= 4 is 21.7 Å². The average Bonchev–Trinajstić information content (AvgIpc) is 3.31. The third kappa shape index (κ3) is 2.23. The van der Waals surface area contributed by atoms with E-state index in [0.717, 1.165) is 47.5 Å². The minimum Gasteiger partial charge on any atom is -0.334 e. The molecule has 2 heterocycles. The van der Waals surface area contributed by atoms with Gasteiger partial charge >= 0.3 is 0 Å². The highest BCUT2D eigenvalue weighted by atomic mass is 16.5. The Kier molecular flexibility index (Phi) is 3.12. The second-order valence-corrected chi connectivity index (χ2v) is 6.83. The Balaban J connectivity index is 1.73. The molecule has 0 spiro atoms. The first-order valence-corrected chi connectivity index (χ1v) is 8.65. The van der Waals surface area contributed by atoms with Crippen molar-refractivity contribution in [2.75, 3.05) is 0 Å². The molecule has 25 heavy (non-hydrogen) atoms. The molecule has 1 fully saturated rings. The van der Waals surface area contributed by atoms with E-state index in [4.69, 9.17) is 10.3 Å². The van der Waals surface area contributed by atoms with E-state index in [1.807, 2.05) is 18.2 Å². The van der Waals surface area contributed by atoms with Crippen molar-refractivity contribution < 1.29 is 4.52 Å². The molecular weight excluding hydrogens is 312 g/mol. The van der Waals surface area contributed by atoms with Gasteiger partial charge in [-0.15, -0.1) is 0 Å². The minimum atomic E-state index is -0.457. The number of fused-ring (bicyclic) bond motifs is 3. The highest BCUT2D eigenvalue weighted by Crippen LogP contribution is 2.37. The van der Waals surface area contributed by atoms with Gasteiger partial charge in [0, 0.05) is 11.6 Å². The predicted molar refractivity (Wildman–Crippen MR) is 96.9 cm³/mol. The van der Waals surface area contributed by atoms with Crippen LogP contribution in [0, 0.1) is 0 Å². The molecule has 1 aliphatic carbocycles. The second-order valence-electron chi connectivity index (χ2n) is 6.83. The van der Waals surface area contributed by atoms with Crippen molar-refractivity contribution in [1.29, 1.82) is 0 Å². The van der Waals surface area contributed by atoms with Crippen LogP contribution in [0.3, 0.4) is 0 Å². The first-order chi connectivity index (χ1) is 12.2. The minimum absolute atomic E-state index is 0.457. The van der Waals surface area contributed by atoms with Crippen molar-refractivity contribution in [3.63, 3.8) is 0 Å². The molecule has 0 amide bonds. The fourth-order valence-electron chi connectivity index (χ4n) is 3.86. The lowest BCUT2D eigenvalue weighted by atomic mass is 9.98. The van der Waals surface area contributed by atoms with E-state index in [1.54, 1.807) is 6.20 Å². The Morgan fingerprint density at radius 1 is 1.00 bits per heavy atom. The Bertz CT molecular complexity index is 1080. The van der Waals surface area contributed by atoms with Crippen LogP contribution >= 0.6 is 0 Å². The summed E-state index contributed by atoms with van der Waals surface area (Å²) in [6.45, 7) is 0. The van der Waals surface area contributed by atoms with Crippen LogP contribution in [0.4, 0.5) is 0 Å². The maximum Gasteiger partial charge on any atom is 0.260 e. The van der Waals surface area contributed by atoms with Gasteiger partial charge in [-0.25, -0.2) is 0 Å². The van der Waals surface area contributed by atoms with Crippen molar-refractivity contribution in [1.82, 2.24) is 15.1 Å². The first kappa shape index (κ1) is 14.5. The third-order valence-electron chi connectivity index (χ3n) is 5.21. The molecule has 5 heteroatoms. The smallest absolute Gasteiger partial charge is 0.260 e. The van der Waals surface area contributed by atoms with Gasteiger partial charge in [0.1, 0.15) is 0 Å². The van der Waals surface area contributed by atoms with E-state index in [0.29, 0.717) is 11.7 Å². The third-order valence-corrected chi connectivity index (χ3v) is 5.21. The van der Waals surface area contributed by atoms with Crippen molar-refractivity contribution in [2.45, 2.75) is 31.2 Å². The van der Waals surface area contributed by atoms with Crippen LogP contribution in [0.2, 0.25) is 0 Å². The van der Waals surface area contributed by atoms with Crippen LogP contribution in [0.5, 0.6) is 0 Å². The maximum atomic E-state index is 6.47. The molecule has 1 aliphatic rings. The Morgan fingerprint density at radius 3 is 2.68 bits per heavy atom. The summed E-state index contributed by atoms with van der Waals surface area (Å²) < 4.78 is 5.60. The molecule has 124 valence electrons. The zero-order chi connectivity index (χ0) is 16.9. The van der Waals surface area contributed by atoms with E-state index in [9.17, 15) is 0 Å². The number of rotatable bonds is 2. The van der Waals surface area contributed by atoms with E-state index in [2.05, 4.69) is 39.4 Å². The molecule has 2 aromatic carbocycles. The summed E-state index contributed by atoms with van der Waals surface area (Å²) in [5.41, 5.74) is 7.74. The first-order valence-electron chi connectivity index (χ1n) is 8.65. The van der Waals surface area contributed by atoms with Gasteiger partial charge in [-0.05, 0) is 35.7 Å². The molecule has 0 radical (unpaired) electrons. The molecule has 2 N–H and O–H groups in total. The summed E-state index contributed by atoms with van der Waals surface area (Å²) in [4.78, 5) is 9.22. The molecule has 0 unspecified atom stereocenters. The van der Waals surface area contributed by atoms with E-state index in [-0.39, 0.29) is 0 Å². The number of nitrogens with zero attached hydrogens (tertiary/aromatic N) is 3. The number of nitrogens with two attached hydrogens (primary N) is 1. The molecule has 0 atom stereocenters. The summed E-state index contributed by atoms with van der Waals surface area (Å²) >= 11 is 0. The van der Waals surface area contributed by atoms with Gasteiger partial charge in [0.25, 0.3) is 5.89 Å². The number of hydrogen-bond donors (Lipinski definition) is 1. The van der Waals surface area contributed by atoms with E-state index >= 15 is 0 Å². The zero-order valence-electron chi connectivity index (χ0n) is 13.8. The average molecular weight is 330 g/mol. The Labute approximate surface area is 144 Å². The summed E-state index contributed by atoms with van der Waals surface area (Å²) in [7, 11) is 0. The number of benzene rings is 2. The molecule has 0 saturated heterocycles. The van der Waals surface area contributed by atoms with Crippen molar-refractivity contribution in [3.05, 3.63) is 54.5 Å². The molecule has 0 aliphatic heterocycles. The number of pyridine rings is 1. The lowest BCUT2D eigenvalue weighted by Crippen LogP contribution is -2.34. The quantitative estimate of drug-likeness (QED) is 0.558. The molecular formula is C20H18N4O. The Hall–Kier alpha value is -2.79. The van der Waals surface area contributed by atoms with Crippen LogP contribution in [-0.2, 0) is 5.54 Å². The molecule has 5 rings (SSSR count). The largest absolute Gasteiger partial charge is 0.334 e. The number of aromatic nitrogens is 3. The monoisotopic (exact) mass is 330 g/mol. The van der Waals surface area contributed by atoms with E-state index < -0.39 is 5.54 Å². The Morgan fingerprint density at radius 2 is 1.80 bits per heavy atom. The molecule has 2 aromatic heterocycles. The van der Waals surface area contributed by atoms with Gasteiger partial charge in [-0.1, -0.05) is 48.3 Å². The van der Waals surface area contributed by atoms with Gasteiger partial charge in [0.2, 0.25) is 0 Å². The SMILES string of the molecule is NC1(c2noc(-c3cc4ccccc4c4cccnc34)n2)CCCC1. The van der Waals surface area contributed by atoms with Crippen molar-refractivity contribution in [3.8, 4) is 11.5 Å². The van der Waals surface area contributed by atoms with Gasteiger partial charge in [-0.3, -0.25) is 4.98 Å². The van der Waals surface area contributed by atoms with E-state index in [1.165, 1.54) is 5.39 Å². The molecule has 5 nitrogen and oxygen atoms in total. The zero-order valence-corrected chi connectivity index (χ0v) is 13.8. The summed E-state index contributed by atoms with van der Waals surface area (Å²) in [5, 5.41) is 7.57. The van der Waals surface area contributed by atoms with Gasteiger partial charge in [-0.2, -0.15) is 4.98 Å². The van der Waals surface area contributed by atoms with Crippen LogP contribution in [-0.4, -0.2) is 15.1 Å². The lowest BCUT2D eigenvalue weighted by molar-refractivity contribution is 0.373. The summed E-state index contributed by atoms with van der Waals surface area (Å²) in [6, 6.07) is 14.4. The fraction of sp³-hybridized carbons (Fsp3) is 0.250. The highest BCUT2D eigenvalue weighted by Gasteiger charge is 2.36. The van der Waals surface area contributed by atoms with Gasteiger partial charge < -0.3 is 10.3 Å². The fourth-order valence-corrected chi connectivity index (χ4v) is 3.86. The topological polar surface area (TPSA) is 77.8 Å². The second kappa shape index (κ2) is 5.36. The standard InChI is InChI=1S/C20H18N4O/c21-20(9-3-4-10-20)19-23-18(25-24-19)16-12-13-6-1-2-7-14(13)15-8-5-11-22-17(15)16/h1-2,5-8,11-12H,3-4,9-10,21H2. The van der Waals surface area contributed by atoms with Gasteiger partial charge in [0.15, 0.2) is 5.82 Å². The highest BCUT2D eigenvalue weighted by molar-refractivity contribution is 6.11. The van der Waals surface area contributed by atoms with Crippen LogP contribution in [0.1, 0.15) is 31.5 Å². The van der Waals surface area contributed by atoms with Gasteiger partial charge in [0.05, 0.1) is 16.6 Å². The van der Waals surface area contributed by atoms with Crippen molar-refractivity contribution in [2.24, 2.45) is 5.73 Å². The molecule has 4 aromatic rings. The van der Waals surface area contributed by atoms with Crippen LogP contribution < -0.4 is 5.73 Å². The predicted octanol–water partition coefficient (Wildman–Crippen LogP) is 4.17. The maximum absolute atomic E-state index is 6.47. The van der Waals surface area contributed by atoms with Crippen LogP contribution in [0.15, 0.2) is 53.2 Å².